The van der Waals surface area contributed by atoms with Crippen molar-refractivity contribution in [2.24, 2.45) is 5.10 Å². The van der Waals surface area contributed by atoms with E-state index in [0.717, 1.165) is 34.4 Å². The molecule has 3 rings (SSSR count). The maximum Gasteiger partial charge on any atom is 0.241 e. The average molecular weight is 392 g/mol. The lowest BCUT2D eigenvalue weighted by Crippen LogP contribution is -2.46. The van der Waals surface area contributed by atoms with Crippen LogP contribution in [0.3, 0.4) is 0 Å². The zero-order chi connectivity index (χ0) is 18.9. The van der Waals surface area contributed by atoms with E-state index in [0.29, 0.717) is 11.5 Å². The highest BCUT2D eigenvalue weighted by molar-refractivity contribution is 8.16. The second-order valence-corrected chi connectivity index (χ2v) is 8.22. The Balaban J connectivity index is 2.14. The van der Waals surface area contributed by atoms with Gasteiger partial charge >= 0.3 is 0 Å². The van der Waals surface area contributed by atoms with Crippen LogP contribution in [0.4, 0.5) is 8.78 Å². The molecule has 136 valence electrons. The third kappa shape index (κ3) is 3.14. The SMILES string of the molecule is C=CC=C1/C(=C\C)SCCC12SC(c1cc(F)ccc1F)=NN2C(C)=O. The van der Waals surface area contributed by atoms with Crippen LogP contribution in [-0.2, 0) is 4.79 Å². The number of hydrazone groups is 1. The highest BCUT2D eigenvalue weighted by Gasteiger charge is 2.51. The van der Waals surface area contributed by atoms with Gasteiger partial charge in [0.2, 0.25) is 5.91 Å². The molecule has 0 N–H and O–H groups in total. The van der Waals surface area contributed by atoms with Crippen LogP contribution in [0, 0.1) is 11.6 Å². The van der Waals surface area contributed by atoms with Gasteiger partial charge in [0.05, 0.1) is 0 Å². The largest absolute Gasteiger partial charge is 0.273 e. The van der Waals surface area contributed by atoms with Crippen LogP contribution in [-0.4, -0.2) is 26.6 Å². The number of halogens is 2. The van der Waals surface area contributed by atoms with Crippen molar-refractivity contribution in [1.82, 2.24) is 5.01 Å². The van der Waals surface area contributed by atoms with Crippen LogP contribution >= 0.6 is 23.5 Å². The van der Waals surface area contributed by atoms with Gasteiger partial charge in [-0.3, -0.25) is 4.79 Å². The number of allylic oxidation sites excluding steroid dienone is 3. The Bertz CT molecular complexity index is 863. The molecule has 0 radical (unpaired) electrons. The van der Waals surface area contributed by atoms with Crippen LogP contribution < -0.4 is 0 Å². The maximum atomic E-state index is 14.3. The van der Waals surface area contributed by atoms with E-state index in [4.69, 9.17) is 0 Å². The van der Waals surface area contributed by atoms with Gasteiger partial charge in [-0.2, -0.15) is 5.10 Å². The average Bonchev–Trinajstić information content (AvgIpc) is 2.99. The molecule has 3 nitrogen and oxygen atoms in total. The minimum atomic E-state index is -0.777. The molecule has 2 heterocycles. The smallest absolute Gasteiger partial charge is 0.241 e. The molecule has 0 saturated carbocycles. The number of thioether (sulfide) groups is 2. The predicted octanol–water partition coefficient (Wildman–Crippen LogP) is 5.07. The van der Waals surface area contributed by atoms with Gasteiger partial charge in [-0.1, -0.05) is 36.6 Å². The van der Waals surface area contributed by atoms with E-state index in [-0.39, 0.29) is 11.5 Å². The molecule has 0 bridgehead atoms. The molecule has 1 saturated heterocycles. The summed E-state index contributed by atoms with van der Waals surface area (Å²) in [5.41, 5.74) is 0.971. The molecule has 1 spiro atoms. The lowest BCUT2D eigenvalue weighted by molar-refractivity contribution is -0.131. The summed E-state index contributed by atoms with van der Waals surface area (Å²) in [7, 11) is 0. The Morgan fingerprint density at radius 3 is 2.85 bits per heavy atom. The fraction of sp³-hybridized carbons (Fsp3) is 0.263. The highest BCUT2D eigenvalue weighted by Crippen LogP contribution is 2.54. The fourth-order valence-corrected chi connectivity index (χ4v) is 5.92. The summed E-state index contributed by atoms with van der Waals surface area (Å²) < 4.78 is 27.9. The summed E-state index contributed by atoms with van der Waals surface area (Å²) in [6, 6.07) is 3.25. The second kappa shape index (κ2) is 7.40. The zero-order valence-electron chi connectivity index (χ0n) is 14.5. The molecule has 2 aliphatic heterocycles. The summed E-state index contributed by atoms with van der Waals surface area (Å²) in [5, 5.41) is 6.08. The maximum absolute atomic E-state index is 14.3. The third-order valence-electron chi connectivity index (χ3n) is 4.19. The van der Waals surface area contributed by atoms with Crippen molar-refractivity contribution < 1.29 is 13.6 Å². The van der Waals surface area contributed by atoms with Crippen molar-refractivity contribution in [3.63, 3.8) is 0 Å². The van der Waals surface area contributed by atoms with Gasteiger partial charge in [-0.25, -0.2) is 13.8 Å². The molecular formula is C19H18F2N2OS2. The van der Waals surface area contributed by atoms with E-state index in [1.54, 1.807) is 17.8 Å². The first kappa shape index (κ1) is 18.9. The number of amides is 1. The standard InChI is InChI=1S/C19H18F2N2OS2/c1-4-6-15-17(5-2)25-10-9-19(15)23(12(3)24)22-18(26-19)14-11-13(20)7-8-16(14)21/h4-8,11H,1,9-10H2,2-3H3/b15-6?,17-5+. The van der Waals surface area contributed by atoms with E-state index in [1.165, 1.54) is 23.7 Å². The van der Waals surface area contributed by atoms with Crippen molar-refractivity contribution in [3.05, 3.63) is 70.7 Å². The molecule has 7 heteroatoms. The molecule has 1 aromatic carbocycles. The second-order valence-electron chi connectivity index (χ2n) is 5.81. The molecule has 0 aromatic heterocycles. The van der Waals surface area contributed by atoms with Crippen molar-refractivity contribution in [2.45, 2.75) is 25.1 Å². The predicted molar refractivity (Wildman–Crippen MR) is 105 cm³/mol. The molecule has 1 fully saturated rings. The van der Waals surface area contributed by atoms with Gasteiger partial charge in [-0.15, -0.1) is 11.8 Å². The third-order valence-corrected chi connectivity index (χ3v) is 6.79. The first-order valence-electron chi connectivity index (χ1n) is 8.09. The molecule has 2 aliphatic rings. The summed E-state index contributed by atoms with van der Waals surface area (Å²) >= 11 is 2.99. The number of nitrogens with zero attached hydrogens (tertiary/aromatic N) is 2. The Morgan fingerprint density at radius 2 is 2.19 bits per heavy atom. The fourth-order valence-electron chi connectivity index (χ4n) is 3.09. The first-order chi connectivity index (χ1) is 12.4. The van der Waals surface area contributed by atoms with Gasteiger partial charge in [0.15, 0.2) is 0 Å². The van der Waals surface area contributed by atoms with Crippen molar-refractivity contribution in [3.8, 4) is 0 Å². The first-order valence-corrected chi connectivity index (χ1v) is 9.89. The Morgan fingerprint density at radius 1 is 1.42 bits per heavy atom. The number of carbonyl (C=O) groups excluding carboxylic acids is 1. The number of benzene rings is 1. The molecule has 1 aromatic rings. The number of hydrogen-bond donors (Lipinski definition) is 0. The van der Waals surface area contributed by atoms with E-state index in [2.05, 4.69) is 11.7 Å². The summed E-state index contributed by atoms with van der Waals surface area (Å²) in [6.07, 6.45) is 6.17. The molecule has 0 aliphatic carbocycles. The van der Waals surface area contributed by atoms with Crippen molar-refractivity contribution in [1.29, 1.82) is 0 Å². The minimum Gasteiger partial charge on any atom is -0.273 e. The Kier molecular flexibility index (Phi) is 5.39. The van der Waals surface area contributed by atoms with E-state index in [9.17, 15) is 13.6 Å². The van der Waals surface area contributed by atoms with Gasteiger partial charge in [0.25, 0.3) is 0 Å². The summed E-state index contributed by atoms with van der Waals surface area (Å²) in [4.78, 5) is 12.6. The normalized spacial score (nSPS) is 25.8. The van der Waals surface area contributed by atoms with Crippen molar-refractivity contribution in [2.75, 3.05) is 5.75 Å². The highest BCUT2D eigenvalue weighted by atomic mass is 32.2. The van der Waals surface area contributed by atoms with Crippen LogP contribution in [0.5, 0.6) is 0 Å². The van der Waals surface area contributed by atoms with Crippen molar-refractivity contribution >= 4 is 34.5 Å². The van der Waals surface area contributed by atoms with E-state index in [1.807, 2.05) is 19.1 Å². The van der Waals surface area contributed by atoms with Crippen LogP contribution in [0.2, 0.25) is 0 Å². The lowest BCUT2D eigenvalue weighted by Gasteiger charge is -2.40. The van der Waals surface area contributed by atoms with E-state index >= 15 is 0 Å². The molecular weight excluding hydrogens is 374 g/mol. The summed E-state index contributed by atoms with van der Waals surface area (Å²) in [5.74, 6) is -0.569. The molecule has 1 amide bonds. The number of carbonyl (C=O) groups is 1. The minimum absolute atomic E-state index is 0.0660. The number of rotatable bonds is 2. The van der Waals surface area contributed by atoms with Gasteiger partial charge in [0.1, 0.15) is 21.5 Å². The lowest BCUT2D eigenvalue weighted by atomic mass is 10.0. The Labute approximate surface area is 159 Å². The number of hydrogen-bond acceptors (Lipinski definition) is 4. The monoisotopic (exact) mass is 392 g/mol. The van der Waals surface area contributed by atoms with E-state index < -0.39 is 16.5 Å². The molecule has 1 unspecified atom stereocenters. The van der Waals surface area contributed by atoms with Gasteiger partial charge in [0, 0.05) is 28.7 Å². The van der Waals surface area contributed by atoms with Gasteiger partial charge < -0.3 is 0 Å². The van der Waals surface area contributed by atoms with Crippen LogP contribution in [0.25, 0.3) is 0 Å². The quantitative estimate of drug-likeness (QED) is 0.704. The summed E-state index contributed by atoms with van der Waals surface area (Å²) in [6.45, 7) is 7.14. The molecule has 1 atom stereocenters. The molecule has 26 heavy (non-hydrogen) atoms. The Hall–Kier alpha value is -1.86. The van der Waals surface area contributed by atoms with Gasteiger partial charge in [-0.05, 0) is 31.5 Å². The van der Waals surface area contributed by atoms with Crippen LogP contribution in [0.1, 0.15) is 25.8 Å². The zero-order valence-corrected chi connectivity index (χ0v) is 16.1. The topological polar surface area (TPSA) is 32.7 Å². The van der Waals surface area contributed by atoms with Crippen LogP contribution in [0.15, 0.2) is 58.6 Å².